The molecule has 0 amide bonds. The number of ether oxygens (including phenoxy) is 1. The van der Waals surface area contributed by atoms with Crippen molar-refractivity contribution >= 4 is 5.69 Å². The molecule has 0 aliphatic heterocycles. The number of methoxy groups -OCH3 is 1. The van der Waals surface area contributed by atoms with Crippen molar-refractivity contribution in [1.29, 1.82) is 0 Å². The monoisotopic (exact) mass is 216 g/mol. The molecular weight excluding hydrogens is 200 g/mol. The minimum Gasteiger partial charge on any atom is -0.497 e. The second kappa shape index (κ2) is 4.31. The lowest BCUT2D eigenvalue weighted by Gasteiger charge is -2.12. The van der Waals surface area contributed by atoms with Crippen LogP contribution in [0.3, 0.4) is 0 Å². The van der Waals surface area contributed by atoms with Crippen molar-refractivity contribution in [2.75, 3.05) is 12.5 Å². The van der Waals surface area contributed by atoms with Gasteiger partial charge in [0, 0.05) is 11.4 Å². The van der Waals surface area contributed by atoms with Crippen LogP contribution in [0.15, 0.2) is 36.4 Å². The summed E-state index contributed by atoms with van der Waals surface area (Å²) in [5.74, 6) is 0.867. The smallest absolute Gasteiger partial charge is 0.119 e. The second-order valence-corrected chi connectivity index (χ2v) is 3.79. The van der Waals surface area contributed by atoms with Gasteiger partial charge in [-0.2, -0.15) is 0 Å². The number of rotatable bonds is 3. The molecule has 1 aromatic heterocycles. The lowest BCUT2D eigenvalue weighted by atomic mass is 10.3. The van der Waals surface area contributed by atoms with E-state index >= 15 is 0 Å². The Hall–Kier alpha value is -1.90. The van der Waals surface area contributed by atoms with Crippen LogP contribution in [-0.2, 0) is 0 Å². The quantitative estimate of drug-likeness (QED) is 0.853. The zero-order valence-electron chi connectivity index (χ0n) is 9.82. The van der Waals surface area contributed by atoms with Crippen molar-refractivity contribution in [3.05, 3.63) is 47.8 Å². The molecule has 1 heterocycles. The topological polar surface area (TPSA) is 26.2 Å². The van der Waals surface area contributed by atoms with Gasteiger partial charge >= 0.3 is 0 Å². The zero-order valence-corrected chi connectivity index (χ0v) is 9.82. The summed E-state index contributed by atoms with van der Waals surface area (Å²) in [5, 5.41) is 0. The van der Waals surface area contributed by atoms with Gasteiger partial charge in [0.25, 0.3) is 0 Å². The molecule has 0 unspecified atom stereocenters. The summed E-state index contributed by atoms with van der Waals surface area (Å²) in [4.78, 5) is 0. The molecule has 84 valence electrons. The highest BCUT2D eigenvalue weighted by Crippen LogP contribution is 2.16. The molecule has 2 rings (SSSR count). The van der Waals surface area contributed by atoms with E-state index in [1.165, 1.54) is 11.4 Å². The predicted molar refractivity (Wildman–Crippen MR) is 65.9 cm³/mol. The van der Waals surface area contributed by atoms with Gasteiger partial charge in [0.15, 0.2) is 0 Å². The molecule has 16 heavy (non-hydrogen) atoms. The first-order valence-corrected chi connectivity index (χ1v) is 5.27. The third-order valence-corrected chi connectivity index (χ3v) is 2.60. The molecule has 0 atom stereocenters. The highest BCUT2D eigenvalue weighted by Gasteiger charge is 2.00. The fourth-order valence-corrected chi connectivity index (χ4v) is 1.64. The van der Waals surface area contributed by atoms with Crippen LogP contribution in [0.1, 0.15) is 11.4 Å². The van der Waals surface area contributed by atoms with Crippen molar-refractivity contribution in [1.82, 2.24) is 4.68 Å². The van der Waals surface area contributed by atoms with E-state index in [0.29, 0.717) is 0 Å². The third kappa shape index (κ3) is 2.03. The van der Waals surface area contributed by atoms with Gasteiger partial charge < -0.3 is 4.74 Å². The fraction of sp³-hybridized carbons (Fsp3) is 0.231. The van der Waals surface area contributed by atoms with Crippen LogP contribution in [-0.4, -0.2) is 11.8 Å². The number of aryl methyl sites for hydroxylation is 2. The average molecular weight is 216 g/mol. The number of anilines is 1. The standard InChI is InChI=1S/C13H16N2O/c1-10-4-5-11(2)15(10)14-12-6-8-13(16-3)9-7-12/h4-9,14H,1-3H3. The molecule has 2 aromatic rings. The van der Waals surface area contributed by atoms with Crippen LogP contribution >= 0.6 is 0 Å². The summed E-state index contributed by atoms with van der Waals surface area (Å²) in [6.45, 7) is 4.15. The van der Waals surface area contributed by atoms with Gasteiger partial charge in [0.2, 0.25) is 0 Å². The SMILES string of the molecule is COc1ccc(Nn2c(C)ccc2C)cc1. The van der Waals surface area contributed by atoms with Gasteiger partial charge in [-0.1, -0.05) is 0 Å². The predicted octanol–water partition coefficient (Wildman–Crippen LogP) is 2.99. The highest BCUT2D eigenvalue weighted by atomic mass is 16.5. The maximum Gasteiger partial charge on any atom is 0.119 e. The van der Waals surface area contributed by atoms with Gasteiger partial charge in [0.1, 0.15) is 5.75 Å². The first kappa shape index (κ1) is 10.6. The molecule has 0 spiro atoms. The van der Waals surface area contributed by atoms with Gasteiger partial charge in [0.05, 0.1) is 12.8 Å². The van der Waals surface area contributed by atoms with Crippen molar-refractivity contribution in [2.45, 2.75) is 13.8 Å². The highest BCUT2D eigenvalue weighted by molar-refractivity contribution is 5.46. The van der Waals surface area contributed by atoms with E-state index in [1.54, 1.807) is 7.11 Å². The Morgan fingerprint density at radius 3 is 2.00 bits per heavy atom. The Labute approximate surface area is 95.6 Å². The molecule has 3 heteroatoms. The van der Waals surface area contributed by atoms with Crippen LogP contribution in [0, 0.1) is 13.8 Å². The summed E-state index contributed by atoms with van der Waals surface area (Å²) < 4.78 is 7.17. The first-order chi connectivity index (χ1) is 7.70. The molecule has 3 nitrogen and oxygen atoms in total. The third-order valence-electron chi connectivity index (χ3n) is 2.60. The molecule has 0 aliphatic carbocycles. The molecule has 1 N–H and O–H groups in total. The van der Waals surface area contributed by atoms with Gasteiger partial charge in [-0.25, -0.2) is 0 Å². The minimum atomic E-state index is 0.867. The lowest BCUT2D eigenvalue weighted by molar-refractivity contribution is 0.415. The number of nitrogens with zero attached hydrogens (tertiary/aromatic N) is 1. The Kier molecular flexibility index (Phi) is 2.86. The van der Waals surface area contributed by atoms with Crippen molar-refractivity contribution in [3.63, 3.8) is 0 Å². The van der Waals surface area contributed by atoms with E-state index in [4.69, 9.17) is 4.74 Å². The van der Waals surface area contributed by atoms with Crippen molar-refractivity contribution in [3.8, 4) is 5.75 Å². The van der Waals surface area contributed by atoms with Gasteiger partial charge in [-0.3, -0.25) is 10.1 Å². The Balaban J connectivity index is 2.20. The fourth-order valence-electron chi connectivity index (χ4n) is 1.64. The molecule has 0 fully saturated rings. The van der Waals surface area contributed by atoms with Gasteiger partial charge in [-0.05, 0) is 50.2 Å². The molecule has 0 saturated carbocycles. The van der Waals surface area contributed by atoms with Crippen LogP contribution in [0.4, 0.5) is 5.69 Å². The zero-order chi connectivity index (χ0) is 11.5. The van der Waals surface area contributed by atoms with Crippen LogP contribution in [0.25, 0.3) is 0 Å². The summed E-state index contributed by atoms with van der Waals surface area (Å²) in [6, 6.07) is 12.1. The van der Waals surface area contributed by atoms with Crippen LogP contribution in [0.2, 0.25) is 0 Å². The number of hydrogen-bond acceptors (Lipinski definition) is 2. The van der Waals surface area contributed by atoms with E-state index < -0.39 is 0 Å². The Morgan fingerprint density at radius 1 is 0.938 bits per heavy atom. The largest absolute Gasteiger partial charge is 0.497 e. The van der Waals surface area contributed by atoms with Crippen molar-refractivity contribution < 1.29 is 4.74 Å². The Morgan fingerprint density at radius 2 is 1.50 bits per heavy atom. The van der Waals surface area contributed by atoms with Crippen LogP contribution < -0.4 is 10.2 Å². The maximum absolute atomic E-state index is 5.12. The van der Waals surface area contributed by atoms with E-state index in [-0.39, 0.29) is 0 Å². The van der Waals surface area contributed by atoms with E-state index in [9.17, 15) is 0 Å². The number of hydrogen-bond donors (Lipinski definition) is 1. The van der Waals surface area contributed by atoms with E-state index in [1.807, 2.05) is 24.3 Å². The average Bonchev–Trinajstić information content (AvgIpc) is 2.62. The second-order valence-electron chi connectivity index (χ2n) is 3.79. The van der Waals surface area contributed by atoms with E-state index in [2.05, 4.69) is 36.1 Å². The Bertz CT molecular complexity index is 452. The molecule has 0 radical (unpaired) electrons. The number of benzene rings is 1. The van der Waals surface area contributed by atoms with E-state index in [0.717, 1.165) is 11.4 Å². The summed E-state index contributed by atoms with van der Waals surface area (Å²) >= 11 is 0. The summed E-state index contributed by atoms with van der Waals surface area (Å²) in [5.41, 5.74) is 6.75. The normalized spacial score (nSPS) is 10.2. The molecule has 0 saturated heterocycles. The lowest BCUT2D eigenvalue weighted by Crippen LogP contribution is -2.11. The molecule has 0 aliphatic rings. The summed E-state index contributed by atoms with van der Waals surface area (Å²) in [6.07, 6.45) is 0. The molecule has 0 bridgehead atoms. The van der Waals surface area contributed by atoms with Crippen LogP contribution in [0.5, 0.6) is 5.75 Å². The molecule has 1 aromatic carbocycles. The first-order valence-electron chi connectivity index (χ1n) is 5.27. The van der Waals surface area contributed by atoms with Gasteiger partial charge in [-0.15, -0.1) is 0 Å². The van der Waals surface area contributed by atoms with Crippen molar-refractivity contribution in [2.24, 2.45) is 0 Å². The summed E-state index contributed by atoms with van der Waals surface area (Å²) in [7, 11) is 1.67. The number of nitrogens with one attached hydrogen (secondary N) is 1. The maximum atomic E-state index is 5.12. The molecular formula is C13H16N2O. The number of aromatic nitrogens is 1. The minimum absolute atomic E-state index is 0.867.